The lowest BCUT2D eigenvalue weighted by molar-refractivity contribution is -0.141. The highest BCUT2D eigenvalue weighted by molar-refractivity contribution is 5.70. The second-order valence-corrected chi connectivity index (χ2v) is 5.08. The van der Waals surface area contributed by atoms with Gasteiger partial charge in [0.1, 0.15) is 5.75 Å². The minimum absolute atomic E-state index is 0.410. The Kier molecular flexibility index (Phi) is 4.98. The van der Waals surface area contributed by atoms with Crippen LogP contribution in [0.2, 0.25) is 0 Å². The molecule has 1 aromatic carbocycles. The number of hydrogen-bond donors (Lipinski definition) is 1. The number of methoxy groups -OCH3 is 1. The van der Waals surface area contributed by atoms with Crippen molar-refractivity contribution in [3.8, 4) is 5.75 Å². The molecule has 1 N–H and O–H groups in total. The third-order valence-electron chi connectivity index (χ3n) is 3.64. The minimum Gasteiger partial charge on any atom is -0.497 e. The molecule has 0 aliphatic carbocycles. The van der Waals surface area contributed by atoms with Gasteiger partial charge in [-0.15, -0.1) is 0 Å². The number of aromatic nitrogens is 2. The number of aliphatic carboxylic acids is 1. The Hall–Kier alpha value is -2.30. The van der Waals surface area contributed by atoms with Crippen molar-refractivity contribution in [3.05, 3.63) is 47.8 Å². The fourth-order valence-electron chi connectivity index (χ4n) is 2.37. The lowest BCUT2D eigenvalue weighted by Crippen LogP contribution is -2.18. The molecule has 2 aromatic rings. The number of hydrogen-bond acceptors (Lipinski definition) is 3. The fourth-order valence-corrected chi connectivity index (χ4v) is 2.37. The van der Waals surface area contributed by atoms with Crippen LogP contribution < -0.4 is 4.74 Å². The largest absolute Gasteiger partial charge is 0.497 e. The lowest BCUT2D eigenvalue weighted by atomic mass is 9.94. The number of ether oxygens (including phenoxy) is 1. The van der Waals surface area contributed by atoms with E-state index in [1.165, 1.54) is 0 Å². The smallest absolute Gasteiger partial charge is 0.306 e. The maximum absolute atomic E-state index is 11.4. The van der Waals surface area contributed by atoms with Gasteiger partial charge in [0.05, 0.1) is 13.0 Å². The molecule has 112 valence electrons. The van der Waals surface area contributed by atoms with Gasteiger partial charge in [0.2, 0.25) is 0 Å². The molecule has 0 saturated heterocycles. The van der Waals surface area contributed by atoms with E-state index >= 15 is 0 Å². The zero-order chi connectivity index (χ0) is 15.2. The molecule has 1 unspecified atom stereocenters. The zero-order valence-corrected chi connectivity index (χ0v) is 12.3. The van der Waals surface area contributed by atoms with Crippen LogP contribution in [0.1, 0.15) is 17.7 Å². The minimum atomic E-state index is -0.764. The molecule has 0 bridgehead atoms. The molecule has 0 aliphatic rings. The topological polar surface area (TPSA) is 64.4 Å². The van der Waals surface area contributed by atoms with Gasteiger partial charge in [-0.25, -0.2) is 0 Å². The first kappa shape index (κ1) is 15.1. The van der Waals surface area contributed by atoms with Gasteiger partial charge in [-0.2, -0.15) is 5.10 Å². The van der Waals surface area contributed by atoms with Gasteiger partial charge in [-0.05, 0) is 43.0 Å². The normalized spacial score (nSPS) is 12.1. The van der Waals surface area contributed by atoms with Gasteiger partial charge >= 0.3 is 5.97 Å². The number of carbonyl (C=O) groups is 1. The van der Waals surface area contributed by atoms with E-state index in [4.69, 9.17) is 4.74 Å². The Labute approximate surface area is 124 Å². The van der Waals surface area contributed by atoms with Gasteiger partial charge < -0.3 is 9.84 Å². The van der Waals surface area contributed by atoms with Crippen molar-refractivity contribution in [1.29, 1.82) is 0 Å². The number of aryl methyl sites for hydroxylation is 2. The van der Waals surface area contributed by atoms with E-state index in [0.29, 0.717) is 19.3 Å². The van der Waals surface area contributed by atoms with E-state index in [-0.39, 0.29) is 0 Å². The molecule has 0 fully saturated rings. The van der Waals surface area contributed by atoms with E-state index in [9.17, 15) is 9.90 Å². The number of rotatable bonds is 7. The van der Waals surface area contributed by atoms with Crippen LogP contribution in [-0.2, 0) is 24.7 Å². The molecule has 1 aromatic heterocycles. The predicted molar refractivity (Wildman–Crippen MR) is 79.4 cm³/mol. The monoisotopic (exact) mass is 288 g/mol. The second kappa shape index (κ2) is 6.92. The van der Waals surface area contributed by atoms with Crippen LogP contribution in [0, 0.1) is 5.92 Å². The fraction of sp³-hybridized carbons (Fsp3) is 0.375. The Balaban J connectivity index is 2.02. The average Bonchev–Trinajstić information content (AvgIpc) is 2.88. The highest BCUT2D eigenvalue weighted by Crippen LogP contribution is 2.19. The van der Waals surface area contributed by atoms with Crippen LogP contribution >= 0.6 is 0 Å². The summed E-state index contributed by atoms with van der Waals surface area (Å²) in [6, 6.07) is 9.48. The number of carboxylic acids is 1. The molecule has 0 amide bonds. The Morgan fingerprint density at radius 2 is 2.24 bits per heavy atom. The Morgan fingerprint density at radius 1 is 1.43 bits per heavy atom. The molecule has 21 heavy (non-hydrogen) atoms. The van der Waals surface area contributed by atoms with Crippen LogP contribution in [0.25, 0.3) is 0 Å². The van der Waals surface area contributed by atoms with Crippen molar-refractivity contribution < 1.29 is 14.6 Å². The molecule has 0 spiro atoms. The Bertz CT molecular complexity index is 607. The Morgan fingerprint density at radius 3 is 2.86 bits per heavy atom. The van der Waals surface area contributed by atoms with Crippen LogP contribution in [0.5, 0.6) is 5.75 Å². The summed E-state index contributed by atoms with van der Waals surface area (Å²) in [5.41, 5.74) is 2.03. The number of benzene rings is 1. The quantitative estimate of drug-likeness (QED) is 0.849. The summed E-state index contributed by atoms with van der Waals surface area (Å²) in [5.74, 6) is -0.421. The van der Waals surface area contributed by atoms with Crippen LogP contribution in [-0.4, -0.2) is 28.0 Å². The molecule has 0 radical (unpaired) electrons. The first-order valence-electron chi connectivity index (χ1n) is 6.92. The molecule has 1 atom stereocenters. The maximum atomic E-state index is 11.4. The van der Waals surface area contributed by atoms with E-state index in [1.54, 1.807) is 18.0 Å². The molecule has 5 heteroatoms. The summed E-state index contributed by atoms with van der Waals surface area (Å²) in [6.45, 7) is 0. The van der Waals surface area contributed by atoms with Crippen LogP contribution in [0.3, 0.4) is 0 Å². The van der Waals surface area contributed by atoms with Gasteiger partial charge in [0.25, 0.3) is 0 Å². The summed E-state index contributed by atoms with van der Waals surface area (Å²) < 4.78 is 6.95. The third kappa shape index (κ3) is 4.08. The molecule has 0 aliphatic heterocycles. The van der Waals surface area contributed by atoms with E-state index in [0.717, 1.165) is 17.0 Å². The maximum Gasteiger partial charge on any atom is 0.306 e. The van der Waals surface area contributed by atoms with E-state index < -0.39 is 11.9 Å². The summed E-state index contributed by atoms with van der Waals surface area (Å²) in [4.78, 5) is 11.4. The van der Waals surface area contributed by atoms with E-state index in [2.05, 4.69) is 5.10 Å². The van der Waals surface area contributed by atoms with Crippen LogP contribution in [0.15, 0.2) is 36.5 Å². The summed E-state index contributed by atoms with van der Waals surface area (Å²) in [5, 5.41) is 13.5. The average molecular weight is 288 g/mol. The molecular formula is C16H20N2O3. The van der Waals surface area contributed by atoms with Crippen molar-refractivity contribution in [3.63, 3.8) is 0 Å². The number of nitrogens with zero attached hydrogens (tertiary/aromatic N) is 2. The number of carboxylic acid groups (broad SMARTS) is 1. The first-order chi connectivity index (χ1) is 10.1. The highest BCUT2D eigenvalue weighted by atomic mass is 16.5. The van der Waals surface area contributed by atoms with Crippen molar-refractivity contribution >= 4 is 5.97 Å². The van der Waals surface area contributed by atoms with Gasteiger partial charge in [0.15, 0.2) is 0 Å². The van der Waals surface area contributed by atoms with Crippen molar-refractivity contribution in [2.75, 3.05) is 7.11 Å². The van der Waals surface area contributed by atoms with E-state index in [1.807, 2.05) is 37.4 Å². The molecule has 2 rings (SSSR count). The molecular weight excluding hydrogens is 268 g/mol. The predicted octanol–water partition coefficient (Wildman–Crippen LogP) is 2.30. The molecule has 5 nitrogen and oxygen atoms in total. The second-order valence-electron chi connectivity index (χ2n) is 5.08. The van der Waals surface area contributed by atoms with Crippen LogP contribution in [0.4, 0.5) is 0 Å². The third-order valence-corrected chi connectivity index (χ3v) is 3.64. The van der Waals surface area contributed by atoms with Crippen molar-refractivity contribution in [2.24, 2.45) is 13.0 Å². The highest BCUT2D eigenvalue weighted by Gasteiger charge is 2.18. The lowest BCUT2D eigenvalue weighted by Gasteiger charge is -2.13. The SMILES string of the molecule is COc1cccc(CC(CCc2ccnn2C)C(=O)O)c1. The van der Waals surface area contributed by atoms with Gasteiger partial charge in [-0.3, -0.25) is 9.48 Å². The summed E-state index contributed by atoms with van der Waals surface area (Å²) in [7, 11) is 3.48. The summed E-state index contributed by atoms with van der Waals surface area (Å²) >= 11 is 0. The van der Waals surface area contributed by atoms with Crippen molar-refractivity contribution in [2.45, 2.75) is 19.3 Å². The zero-order valence-electron chi connectivity index (χ0n) is 12.3. The van der Waals surface area contributed by atoms with Gasteiger partial charge in [0, 0.05) is 18.9 Å². The van der Waals surface area contributed by atoms with Crippen molar-refractivity contribution in [1.82, 2.24) is 9.78 Å². The molecule has 0 saturated carbocycles. The summed E-state index contributed by atoms with van der Waals surface area (Å²) in [6.07, 6.45) is 3.53. The van der Waals surface area contributed by atoms with Gasteiger partial charge in [-0.1, -0.05) is 12.1 Å². The molecule has 1 heterocycles. The first-order valence-corrected chi connectivity index (χ1v) is 6.92. The standard InChI is InChI=1S/C16H20N2O3/c1-18-14(8-9-17-18)7-6-13(16(19)20)10-12-4-3-5-15(11-12)21-2/h3-5,8-9,11,13H,6-7,10H2,1-2H3,(H,19,20).